The second-order valence-electron chi connectivity index (χ2n) is 8.32. The molecule has 1 N–H and O–H groups in total. The highest BCUT2D eigenvalue weighted by atomic mass is 35.5. The SMILES string of the molecule is COc1ccc(C=NNC(=O)[C@H]2[C@@H](C=C(Cl)Cl)C2(C)C)cc1CSc1nc2ccccc2o1. The lowest BCUT2D eigenvalue weighted by molar-refractivity contribution is -0.123. The van der Waals surface area contributed by atoms with Gasteiger partial charge in [0.15, 0.2) is 5.58 Å². The van der Waals surface area contributed by atoms with Gasteiger partial charge in [-0.3, -0.25) is 4.79 Å². The third kappa shape index (κ3) is 5.37. The number of methoxy groups -OCH3 is 1. The molecule has 0 unspecified atom stereocenters. The fraction of sp³-hybridized carbons (Fsp3) is 0.292. The van der Waals surface area contributed by atoms with Crippen LogP contribution in [-0.4, -0.2) is 24.2 Å². The van der Waals surface area contributed by atoms with Crippen LogP contribution in [0, 0.1) is 17.3 Å². The van der Waals surface area contributed by atoms with Crippen molar-refractivity contribution in [3.8, 4) is 5.75 Å². The van der Waals surface area contributed by atoms with Crippen molar-refractivity contribution in [2.75, 3.05) is 7.11 Å². The van der Waals surface area contributed by atoms with Gasteiger partial charge in [-0.2, -0.15) is 5.10 Å². The van der Waals surface area contributed by atoms with E-state index in [-0.39, 0.29) is 27.6 Å². The zero-order valence-electron chi connectivity index (χ0n) is 18.3. The van der Waals surface area contributed by atoms with Gasteiger partial charge >= 0.3 is 0 Å². The summed E-state index contributed by atoms with van der Waals surface area (Å²) >= 11 is 13.0. The van der Waals surface area contributed by atoms with E-state index < -0.39 is 0 Å². The number of allylic oxidation sites excluding steroid dienone is 1. The molecule has 1 heterocycles. The van der Waals surface area contributed by atoms with E-state index in [4.69, 9.17) is 32.4 Å². The highest BCUT2D eigenvalue weighted by Gasteiger charge is 2.60. The number of nitrogens with zero attached hydrogens (tertiary/aromatic N) is 2. The number of carbonyl (C=O) groups excluding carboxylic acids is 1. The molecule has 2 atom stereocenters. The smallest absolute Gasteiger partial charge is 0.257 e. The van der Waals surface area contributed by atoms with Crippen molar-refractivity contribution in [1.82, 2.24) is 10.4 Å². The number of aromatic nitrogens is 1. The molecule has 6 nitrogen and oxygen atoms in total. The third-order valence-electron chi connectivity index (χ3n) is 5.82. The van der Waals surface area contributed by atoms with E-state index in [1.807, 2.05) is 56.3 Å². The van der Waals surface area contributed by atoms with Crippen LogP contribution in [0.4, 0.5) is 0 Å². The Hall–Kier alpha value is -2.48. The van der Waals surface area contributed by atoms with E-state index in [1.54, 1.807) is 19.4 Å². The molecular formula is C24H23Cl2N3O3S. The molecule has 0 spiro atoms. The van der Waals surface area contributed by atoms with E-state index in [0.717, 1.165) is 28.0 Å². The Bertz CT molecular complexity index is 1200. The van der Waals surface area contributed by atoms with Gasteiger partial charge in [-0.25, -0.2) is 10.4 Å². The molecule has 1 aromatic heterocycles. The second-order valence-corrected chi connectivity index (χ2v) is 10.3. The number of fused-ring (bicyclic) bond motifs is 1. The van der Waals surface area contributed by atoms with Crippen molar-refractivity contribution in [3.63, 3.8) is 0 Å². The van der Waals surface area contributed by atoms with Gasteiger partial charge in [0.05, 0.1) is 19.2 Å². The number of carbonyl (C=O) groups is 1. The van der Waals surface area contributed by atoms with E-state index in [1.165, 1.54) is 11.8 Å². The summed E-state index contributed by atoms with van der Waals surface area (Å²) in [7, 11) is 1.63. The van der Waals surface area contributed by atoms with Crippen LogP contribution in [-0.2, 0) is 10.5 Å². The first-order valence-electron chi connectivity index (χ1n) is 10.3. The van der Waals surface area contributed by atoms with Gasteiger partial charge in [-0.1, -0.05) is 60.9 Å². The molecule has 1 fully saturated rings. The van der Waals surface area contributed by atoms with E-state index >= 15 is 0 Å². The molecule has 1 amide bonds. The number of halogens is 2. The van der Waals surface area contributed by atoms with Crippen molar-refractivity contribution >= 4 is 58.2 Å². The Labute approximate surface area is 206 Å². The quantitative estimate of drug-likeness (QED) is 0.226. The predicted molar refractivity (Wildman–Crippen MR) is 133 cm³/mol. The summed E-state index contributed by atoms with van der Waals surface area (Å²) in [5, 5.41) is 4.73. The van der Waals surface area contributed by atoms with Gasteiger partial charge in [0, 0.05) is 11.3 Å². The second kappa shape index (κ2) is 9.79. The Morgan fingerprint density at radius 1 is 1.30 bits per heavy atom. The van der Waals surface area contributed by atoms with Crippen LogP contribution in [0.1, 0.15) is 25.0 Å². The topological polar surface area (TPSA) is 76.7 Å². The Morgan fingerprint density at radius 2 is 2.09 bits per heavy atom. The van der Waals surface area contributed by atoms with Crippen LogP contribution in [0.2, 0.25) is 0 Å². The van der Waals surface area contributed by atoms with Crippen molar-refractivity contribution in [1.29, 1.82) is 0 Å². The number of thioether (sulfide) groups is 1. The summed E-state index contributed by atoms with van der Waals surface area (Å²) < 4.78 is 11.4. The van der Waals surface area contributed by atoms with E-state index in [0.29, 0.717) is 11.0 Å². The normalized spacial score (nSPS) is 18.9. The van der Waals surface area contributed by atoms with Crippen LogP contribution in [0.15, 0.2) is 67.8 Å². The molecule has 9 heteroatoms. The average molecular weight is 504 g/mol. The number of para-hydroxylation sites is 2. The standard InChI is InChI=1S/C24H23Cl2N3O3S/c1-24(2)16(11-20(25)26)21(24)22(30)29-27-12-14-8-9-18(31-3)15(10-14)13-33-23-28-17-6-4-5-7-19(17)32-23/h4-12,16,21H,13H2,1-3H3,(H,29,30)/t16-,21-/m1/s1. The van der Waals surface area contributed by atoms with Gasteiger partial charge in [-0.15, -0.1) is 0 Å². The maximum absolute atomic E-state index is 12.5. The van der Waals surface area contributed by atoms with E-state index in [9.17, 15) is 4.79 Å². The molecule has 172 valence electrons. The molecule has 0 aliphatic heterocycles. The maximum atomic E-state index is 12.5. The maximum Gasteiger partial charge on any atom is 0.257 e. The number of nitrogens with one attached hydrogen (secondary N) is 1. The predicted octanol–water partition coefficient (Wildman–Crippen LogP) is 6.17. The molecular weight excluding hydrogens is 481 g/mol. The largest absolute Gasteiger partial charge is 0.496 e. The lowest BCUT2D eigenvalue weighted by Gasteiger charge is -2.08. The summed E-state index contributed by atoms with van der Waals surface area (Å²) in [5.74, 6) is 0.975. The van der Waals surface area contributed by atoms with Crippen molar-refractivity contribution < 1.29 is 13.9 Å². The number of benzene rings is 2. The molecule has 4 rings (SSSR count). The summed E-state index contributed by atoms with van der Waals surface area (Å²) in [6.07, 6.45) is 3.32. The van der Waals surface area contributed by atoms with Crippen LogP contribution in [0.25, 0.3) is 11.1 Å². The van der Waals surface area contributed by atoms with Crippen molar-refractivity contribution in [3.05, 3.63) is 64.2 Å². The molecule has 3 aromatic rings. The highest BCUT2D eigenvalue weighted by Crippen LogP contribution is 2.59. The number of hydrazone groups is 1. The van der Waals surface area contributed by atoms with Crippen LogP contribution in [0.3, 0.4) is 0 Å². The van der Waals surface area contributed by atoms with E-state index in [2.05, 4.69) is 15.5 Å². The van der Waals surface area contributed by atoms with Gasteiger partial charge < -0.3 is 9.15 Å². The highest BCUT2D eigenvalue weighted by molar-refractivity contribution is 7.98. The van der Waals surface area contributed by atoms with Crippen LogP contribution >= 0.6 is 35.0 Å². The molecule has 2 aromatic carbocycles. The number of hydrogen-bond acceptors (Lipinski definition) is 6. The summed E-state index contributed by atoms with van der Waals surface area (Å²) in [5.41, 5.74) is 5.80. The number of hydrogen-bond donors (Lipinski definition) is 1. The number of oxazole rings is 1. The van der Waals surface area contributed by atoms with Gasteiger partial charge in [-0.05, 0) is 53.3 Å². The lowest BCUT2D eigenvalue weighted by Crippen LogP contribution is -2.21. The minimum atomic E-state index is -0.221. The zero-order chi connectivity index (χ0) is 23.6. The lowest BCUT2D eigenvalue weighted by atomic mass is 10.1. The third-order valence-corrected chi connectivity index (χ3v) is 6.95. The fourth-order valence-electron chi connectivity index (χ4n) is 3.91. The Kier molecular flexibility index (Phi) is 7.02. The zero-order valence-corrected chi connectivity index (χ0v) is 20.7. The van der Waals surface area contributed by atoms with Crippen molar-refractivity contribution in [2.24, 2.45) is 22.4 Å². The van der Waals surface area contributed by atoms with Crippen LogP contribution in [0.5, 0.6) is 5.75 Å². The fourth-order valence-corrected chi connectivity index (χ4v) is 5.00. The summed E-state index contributed by atoms with van der Waals surface area (Å²) in [6, 6.07) is 13.4. The van der Waals surface area contributed by atoms with Crippen molar-refractivity contribution in [2.45, 2.75) is 24.8 Å². The number of ether oxygens (including phenoxy) is 1. The average Bonchev–Trinajstić information content (AvgIpc) is 3.11. The minimum Gasteiger partial charge on any atom is -0.496 e. The minimum absolute atomic E-state index is 0.00540. The molecule has 33 heavy (non-hydrogen) atoms. The summed E-state index contributed by atoms with van der Waals surface area (Å²) in [4.78, 5) is 17.0. The molecule has 0 radical (unpaired) electrons. The monoisotopic (exact) mass is 503 g/mol. The Morgan fingerprint density at radius 3 is 2.82 bits per heavy atom. The number of amides is 1. The van der Waals surface area contributed by atoms with Gasteiger partial charge in [0.1, 0.15) is 15.8 Å². The first-order chi connectivity index (χ1) is 15.8. The Balaban J connectivity index is 1.40. The first-order valence-corrected chi connectivity index (χ1v) is 12.0. The number of rotatable bonds is 8. The molecule has 0 bridgehead atoms. The summed E-state index contributed by atoms with van der Waals surface area (Å²) in [6.45, 7) is 4.01. The molecule has 0 saturated heterocycles. The molecule has 1 aliphatic carbocycles. The van der Waals surface area contributed by atoms with Crippen LogP contribution < -0.4 is 10.2 Å². The van der Waals surface area contributed by atoms with Gasteiger partial charge in [0.2, 0.25) is 5.91 Å². The molecule has 1 aliphatic rings. The molecule has 1 saturated carbocycles. The first kappa shape index (κ1) is 23.7. The van der Waals surface area contributed by atoms with Gasteiger partial charge in [0.25, 0.3) is 5.22 Å².